The second-order valence-electron chi connectivity index (χ2n) is 5.87. The fourth-order valence-electron chi connectivity index (χ4n) is 2.75. The summed E-state index contributed by atoms with van der Waals surface area (Å²) >= 11 is 3.37. The molecule has 0 bridgehead atoms. The maximum atomic E-state index is 11.8. The van der Waals surface area contributed by atoms with Crippen molar-refractivity contribution in [2.45, 2.75) is 44.6 Å². The molecule has 0 radical (unpaired) electrons. The molecule has 2 rings (SSSR count). The van der Waals surface area contributed by atoms with Crippen molar-refractivity contribution in [1.82, 2.24) is 5.32 Å². The van der Waals surface area contributed by atoms with Crippen molar-refractivity contribution in [3.05, 3.63) is 28.7 Å². The van der Waals surface area contributed by atoms with E-state index < -0.39 is 5.97 Å². The number of carboxylic acid groups (broad SMARTS) is 1. The van der Waals surface area contributed by atoms with Crippen molar-refractivity contribution in [3.8, 4) is 5.75 Å². The minimum absolute atomic E-state index is 0.00433. The third kappa shape index (κ3) is 6.22. The van der Waals surface area contributed by atoms with Crippen molar-refractivity contribution in [3.63, 3.8) is 0 Å². The molecule has 2 atom stereocenters. The number of nitrogens with one attached hydrogen (secondary N) is 1. The molecular formula is C17H22BrNO4. The van der Waals surface area contributed by atoms with Gasteiger partial charge in [0.2, 0.25) is 5.91 Å². The Morgan fingerprint density at radius 3 is 2.61 bits per heavy atom. The lowest BCUT2D eigenvalue weighted by Gasteiger charge is -2.12. The van der Waals surface area contributed by atoms with Gasteiger partial charge in [0.1, 0.15) is 5.75 Å². The number of aliphatic carboxylic acids is 1. The Hall–Kier alpha value is -1.56. The minimum Gasteiger partial charge on any atom is -0.494 e. The summed E-state index contributed by atoms with van der Waals surface area (Å²) in [5.41, 5.74) is 0. The van der Waals surface area contributed by atoms with Crippen LogP contribution >= 0.6 is 15.9 Å². The van der Waals surface area contributed by atoms with E-state index in [4.69, 9.17) is 9.84 Å². The molecule has 0 spiro atoms. The van der Waals surface area contributed by atoms with Crippen molar-refractivity contribution in [2.75, 3.05) is 6.61 Å². The number of unbranched alkanes of at least 4 members (excludes halogenated alkanes) is 1. The van der Waals surface area contributed by atoms with Crippen molar-refractivity contribution in [2.24, 2.45) is 5.92 Å². The van der Waals surface area contributed by atoms with Gasteiger partial charge in [-0.15, -0.1) is 0 Å². The van der Waals surface area contributed by atoms with Gasteiger partial charge in [0.25, 0.3) is 0 Å². The molecule has 1 saturated carbocycles. The van der Waals surface area contributed by atoms with Crippen LogP contribution in [0.2, 0.25) is 0 Å². The van der Waals surface area contributed by atoms with E-state index in [1.807, 2.05) is 24.3 Å². The average Bonchev–Trinajstić information content (AvgIpc) is 2.97. The summed E-state index contributed by atoms with van der Waals surface area (Å²) in [4.78, 5) is 22.7. The van der Waals surface area contributed by atoms with Gasteiger partial charge in [-0.05, 0) is 56.4 Å². The van der Waals surface area contributed by atoms with Crippen LogP contribution in [0.4, 0.5) is 0 Å². The van der Waals surface area contributed by atoms with Crippen LogP contribution in [0.3, 0.4) is 0 Å². The summed E-state index contributed by atoms with van der Waals surface area (Å²) in [6, 6.07) is 7.66. The van der Waals surface area contributed by atoms with Crippen LogP contribution in [0.5, 0.6) is 5.75 Å². The second kappa shape index (κ2) is 8.91. The highest BCUT2D eigenvalue weighted by molar-refractivity contribution is 9.10. The lowest BCUT2D eigenvalue weighted by Crippen LogP contribution is -2.33. The Labute approximate surface area is 144 Å². The van der Waals surface area contributed by atoms with E-state index in [1.54, 1.807) is 0 Å². The topological polar surface area (TPSA) is 75.6 Å². The molecule has 2 N–H and O–H groups in total. The highest BCUT2D eigenvalue weighted by Gasteiger charge is 2.30. The zero-order valence-corrected chi connectivity index (χ0v) is 14.5. The van der Waals surface area contributed by atoms with E-state index in [0.29, 0.717) is 25.9 Å². The van der Waals surface area contributed by atoms with Crippen LogP contribution in [0.25, 0.3) is 0 Å². The number of hydrogen-bond acceptors (Lipinski definition) is 3. The zero-order chi connectivity index (χ0) is 16.7. The summed E-state index contributed by atoms with van der Waals surface area (Å²) in [7, 11) is 0. The zero-order valence-electron chi connectivity index (χ0n) is 13.0. The van der Waals surface area contributed by atoms with Gasteiger partial charge in [-0.3, -0.25) is 9.59 Å². The van der Waals surface area contributed by atoms with Gasteiger partial charge in [-0.2, -0.15) is 0 Å². The third-order valence-electron chi connectivity index (χ3n) is 4.03. The Bertz CT molecular complexity index is 532. The Morgan fingerprint density at radius 1 is 1.22 bits per heavy atom. The molecule has 5 nitrogen and oxygen atoms in total. The van der Waals surface area contributed by atoms with Crippen LogP contribution in [-0.4, -0.2) is 29.6 Å². The fraction of sp³-hybridized carbons (Fsp3) is 0.529. The second-order valence-corrected chi connectivity index (χ2v) is 6.79. The Morgan fingerprint density at radius 2 is 1.96 bits per heavy atom. The first-order valence-corrected chi connectivity index (χ1v) is 8.74. The fourth-order valence-corrected chi connectivity index (χ4v) is 3.01. The predicted molar refractivity (Wildman–Crippen MR) is 90.4 cm³/mol. The van der Waals surface area contributed by atoms with E-state index in [2.05, 4.69) is 21.2 Å². The van der Waals surface area contributed by atoms with Crippen molar-refractivity contribution < 1.29 is 19.4 Å². The first-order valence-electron chi connectivity index (χ1n) is 7.95. The van der Waals surface area contributed by atoms with Gasteiger partial charge in [0.05, 0.1) is 12.5 Å². The van der Waals surface area contributed by atoms with Crippen LogP contribution in [0.15, 0.2) is 28.7 Å². The summed E-state index contributed by atoms with van der Waals surface area (Å²) < 4.78 is 6.61. The molecular weight excluding hydrogens is 362 g/mol. The number of hydrogen-bond donors (Lipinski definition) is 2. The van der Waals surface area contributed by atoms with Gasteiger partial charge in [0.15, 0.2) is 0 Å². The highest BCUT2D eigenvalue weighted by Crippen LogP contribution is 2.25. The molecule has 0 heterocycles. The minimum atomic E-state index is -0.758. The molecule has 1 amide bonds. The van der Waals surface area contributed by atoms with Gasteiger partial charge in [-0.1, -0.05) is 15.9 Å². The number of benzene rings is 1. The van der Waals surface area contributed by atoms with E-state index in [0.717, 1.165) is 29.5 Å². The van der Waals surface area contributed by atoms with Crippen LogP contribution in [0.1, 0.15) is 38.5 Å². The van der Waals surface area contributed by atoms with Gasteiger partial charge in [-0.25, -0.2) is 0 Å². The Balaban J connectivity index is 1.55. The normalized spacial score (nSPS) is 20.2. The Kier molecular flexibility index (Phi) is 6.89. The first-order chi connectivity index (χ1) is 11.0. The quantitative estimate of drug-likeness (QED) is 0.674. The largest absolute Gasteiger partial charge is 0.494 e. The monoisotopic (exact) mass is 383 g/mol. The molecule has 1 aliphatic rings. The van der Waals surface area contributed by atoms with Crippen molar-refractivity contribution >= 4 is 27.8 Å². The predicted octanol–water partition coefficient (Wildman–Crippen LogP) is 3.37. The molecule has 6 heteroatoms. The third-order valence-corrected chi connectivity index (χ3v) is 4.56. The molecule has 1 aromatic rings. The number of halogens is 1. The lowest BCUT2D eigenvalue weighted by molar-refractivity contribution is -0.141. The summed E-state index contributed by atoms with van der Waals surface area (Å²) in [5, 5.41) is 11.9. The van der Waals surface area contributed by atoms with Crippen LogP contribution < -0.4 is 10.1 Å². The molecule has 0 aromatic heterocycles. The maximum absolute atomic E-state index is 11.8. The standard InChI is InChI=1S/C17H22BrNO4/c18-13-5-8-15(9-6-13)23-10-2-1-3-16(20)19-14-7-4-12(11-14)17(21)22/h5-6,8-9,12,14H,1-4,7,10-11H2,(H,19,20)(H,21,22)/t12-,14+/m0/s1. The maximum Gasteiger partial charge on any atom is 0.306 e. The number of carbonyl (C=O) groups excluding carboxylic acids is 1. The summed E-state index contributed by atoms with van der Waals surface area (Å²) in [6.45, 7) is 0.583. The number of ether oxygens (including phenoxy) is 1. The molecule has 0 unspecified atom stereocenters. The first kappa shape index (κ1) is 17.8. The number of amides is 1. The average molecular weight is 384 g/mol. The van der Waals surface area contributed by atoms with Gasteiger partial charge < -0.3 is 15.2 Å². The van der Waals surface area contributed by atoms with Crippen molar-refractivity contribution in [1.29, 1.82) is 0 Å². The molecule has 1 aliphatic carbocycles. The molecule has 0 aliphatic heterocycles. The van der Waals surface area contributed by atoms with Gasteiger partial charge >= 0.3 is 5.97 Å². The van der Waals surface area contributed by atoms with Crippen LogP contribution in [-0.2, 0) is 9.59 Å². The number of rotatable bonds is 8. The molecule has 0 saturated heterocycles. The highest BCUT2D eigenvalue weighted by atomic mass is 79.9. The van der Waals surface area contributed by atoms with E-state index in [-0.39, 0.29) is 17.9 Å². The molecule has 1 aromatic carbocycles. The van der Waals surface area contributed by atoms with Crippen LogP contribution in [0, 0.1) is 5.92 Å². The van der Waals surface area contributed by atoms with E-state index in [9.17, 15) is 9.59 Å². The van der Waals surface area contributed by atoms with Gasteiger partial charge in [0, 0.05) is 16.9 Å². The molecule has 23 heavy (non-hydrogen) atoms. The lowest BCUT2D eigenvalue weighted by atomic mass is 10.1. The molecule has 126 valence electrons. The summed E-state index contributed by atoms with van der Waals surface area (Å²) in [5.74, 6) is -0.237. The van der Waals surface area contributed by atoms with E-state index in [1.165, 1.54) is 0 Å². The smallest absolute Gasteiger partial charge is 0.306 e. The summed E-state index contributed by atoms with van der Waals surface area (Å²) in [6.07, 6.45) is 3.99. The SMILES string of the molecule is O=C(CCCCOc1ccc(Br)cc1)N[C@@H]1CC[C@H](C(=O)O)C1. The van der Waals surface area contributed by atoms with E-state index >= 15 is 0 Å². The number of carboxylic acids is 1. The number of carbonyl (C=O) groups is 2. The molecule has 1 fully saturated rings.